The van der Waals surface area contributed by atoms with E-state index in [9.17, 15) is 13.9 Å². The summed E-state index contributed by atoms with van der Waals surface area (Å²) in [6.45, 7) is 0. The first kappa shape index (κ1) is 14.4. The Labute approximate surface area is 123 Å². The lowest BCUT2D eigenvalue weighted by Crippen LogP contribution is -2.02. The quantitative estimate of drug-likeness (QED) is 0.856. The van der Waals surface area contributed by atoms with Crippen LogP contribution in [0.25, 0.3) is 0 Å². The molecule has 0 bridgehead atoms. The van der Waals surface area contributed by atoms with Crippen molar-refractivity contribution in [3.8, 4) is 0 Å². The maximum atomic E-state index is 13.1. The predicted octanol–water partition coefficient (Wildman–Crippen LogP) is 4.66. The van der Waals surface area contributed by atoms with Gasteiger partial charge in [0.15, 0.2) is 11.6 Å². The van der Waals surface area contributed by atoms with Crippen LogP contribution >= 0.6 is 27.5 Å². The molecular formula is C14H10BrClF2O. The van der Waals surface area contributed by atoms with Crippen molar-refractivity contribution in [2.24, 2.45) is 0 Å². The SMILES string of the molecule is OC(Cc1ccc(F)c(F)c1)c1ccc(Cl)c(Br)c1. The van der Waals surface area contributed by atoms with Gasteiger partial charge in [-0.3, -0.25) is 0 Å². The third kappa shape index (κ3) is 3.53. The molecule has 2 rings (SSSR count). The minimum Gasteiger partial charge on any atom is -0.388 e. The molecule has 0 aromatic heterocycles. The molecule has 0 heterocycles. The predicted molar refractivity (Wildman–Crippen MR) is 74.2 cm³/mol. The third-order valence-electron chi connectivity index (χ3n) is 2.74. The van der Waals surface area contributed by atoms with Crippen molar-refractivity contribution < 1.29 is 13.9 Å². The summed E-state index contributed by atoms with van der Waals surface area (Å²) in [5, 5.41) is 10.6. The van der Waals surface area contributed by atoms with Crippen molar-refractivity contribution in [2.45, 2.75) is 12.5 Å². The zero-order chi connectivity index (χ0) is 14.0. The average molecular weight is 348 g/mol. The van der Waals surface area contributed by atoms with Gasteiger partial charge in [-0.05, 0) is 51.3 Å². The Hall–Kier alpha value is -0.970. The molecule has 1 nitrogen and oxygen atoms in total. The molecule has 0 aliphatic rings. The fourth-order valence-corrected chi connectivity index (χ4v) is 2.24. The third-order valence-corrected chi connectivity index (χ3v) is 3.96. The molecule has 0 amide bonds. The second-order valence-electron chi connectivity index (χ2n) is 4.14. The molecule has 100 valence electrons. The van der Waals surface area contributed by atoms with Crippen molar-refractivity contribution in [2.75, 3.05) is 0 Å². The van der Waals surface area contributed by atoms with Crippen LogP contribution in [0.15, 0.2) is 40.9 Å². The van der Waals surface area contributed by atoms with E-state index < -0.39 is 17.7 Å². The smallest absolute Gasteiger partial charge is 0.159 e. The van der Waals surface area contributed by atoms with E-state index in [1.165, 1.54) is 6.07 Å². The first-order chi connectivity index (χ1) is 8.97. The van der Waals surface area contributed by atoms with Crippen molar-refractivity contribution in [1.82, 2.24) is 0 Å². The Morgan fingerprint density at radius 1 is 1.11 bits per heavy atom. The van der Waals surface area contributed by atoms with Gasteiger partial charge in [0.1, 0.15) is 0 Å². The number of hydrogen-bond donors (Lipinski definition) is 1. The molecule has 0 spiro atoms. The lowest BCUT2D eigenvalue weighted by Gasteiger charge is -2.12. The van der Waals surface area contributed by atoms with Crippen LogP contribution in [0.3, 0.4) is 0 Å². The van der Waals surface area contributed by atoms with Crippen LogP contribution in [0.2, 0.25) is 5.02 Å². The van der Waals surface area contributed by atoms with E-state index in [0.29, 0.717) is 20.6 Å². The molecule has 5 heteroatoms. The molecule has 0 saturated carbocycles. The van der Waals surface area contributed by atoms with E-state index in [1.807, 2.05) is 0 Å². The summed E-state index contributed by atoms with van der Waals surface area (Å²) >= 11 is 9.13. The van der Waals surface area contributed by atoms with Crippen LogP contribution in [0.4, 0.5) is 8.78 Å². The van der Waals surface area contributed by atoms with Gasteiger partial charge in [0.05, 0.1) is 11.1 Å². The molecular weight excluding hydrogens is 338 g/mol. The molecule has 1 atom stereocenters. The number of halogens is 4. The largest absolute Gasteiger partial charge is 0.388 e. The number of aliphatic hydroxyl groups excluding tert-OH is 1. The highest BCUT2D eigenvalue weighted by Crippen LogP contribution is 2.27. The monoisotopic (exact) mass is 346 g/mol. The second-order valence-corrected chi connectivity index (χ2v) is 5.40. The first-order valence-electron chi connectivity index (χ1n) is 5.54. The molecule has 19 heavy (non-hydrogen) atoms. The van der Waals surface area contributed by atoms with E-state index in [4.69, 9.17) is 11.6 Å². The van der Waals surface area contributed by atoms with Gasteiger partial charge in [-0.15, -0.1) is 0 Å². The maximum absolute atomic E-state index is 13.1. The van der Waals surface area contributed by atoms with Gasteiger partial charge in [-0.2, -0.15) is 0 Å². The van der Waals surface area contributed by atoms with Gasteiger partial charge in [0, 0.05) is 10.9 Å². The van der Waals surface area contributed by atoms with Gasteiger partial charge < -0.3 is 5.11 Å². The Morgan fingerprint density at radius 2 is 1.84 bits per heavy atom. The van der Waals surface area contributed by atoms with Gasteiger partial charge in [0.25, 0.3) is 0 Å². The molecule has 0 fully saturated rings. The number of hydrogen-bond acceptors (Lipinski definition) is 1. The topological polar surface area (TPSA) is 20.2 Å². The molecule has 1 unspecified atom stereocenters. The van der Waals surface area contributed by atoms with Gasteiger partial charge >= 0.3 is 0 Å². The Balaban J connectivity index is 2.17. The second kappa shape index (κ2) is 5.99. The zero-order valence-corrected chi connectivity index (χ0v) is 12.0. The van der Waals surface area contributed by atoms with Crippen LogP contribution in [-0.2, 0) is 6.42 Å². The summed E-state index contributed by atoms with van der Waals surface area (Å²) in [5.41, 5.74) is 1.18. The van der Waals surface area contributed by atoms with Crippen LogP contribution in [0, 0.1) is 11.6 Å². The first-order valence-corrected chi connectivity index (χ1v) is 6.71. The summed E-state index contributed by atoms with van der Waals surface area (Å²) in [7, 11) is 0. The van der Waals surface area contributed by atoms with Crippen molar-refractivity contribution in [1.29, 1.82) is 0 Å². The minimum atomic E-state index is -0.915. The summed E-state index contributed by atoms with van der Waals surface area (Å²) in [5.74, 6) is -1.81. The van der Waals surface area contributed by atoms with Crippen LogP contribution < -0.4 is 0 Å². The van der Waals surface area contributed by atoms with E-state index >= 15 is 0 Å². The zero-order valence-electron chi connectivity index (χ0n) is 9.71. The molecule has 1 N–H and O–H groups in total. The maximum Gasteiger partial charge on any atom is 0.159 e. The molecule has 0 radical (unpaired) electrons. The van der Waals surface area contributed by atoms with Crippen LogP contribution in [0.5, 0.6) is 0 Å². The Morgan fingerprint density at radius 3 is 2.47 bits per heavy atom. The number of benzene rings is 2. The lowest BCUT2D eigenvalue weighted by atomic mass is 10.0. The van der Waals surface area contributed by atoms with Crippen molar-refractivity contribution >= 4 is 27.5 Å². The van der Waals surface area contributed by atoms with Crippen LogP contribution in [-0.4, -0.2) is 5.11 Å². The number of aliphatic hydroxyl groups is 1. The van der Waals surface area contributed by atoms with Gasteiger partial charge in [-0.25, -0.2) is 8.78 Å². The lowest BCUT2D eigenvalue weighted by molar-refractivity contribution is 0.178. The fraction of sp³-hybridized carbons (Fsp3) is 0.143. The van der Waals surface area contributed by atoms with E-state index in [0.717, 1.165) is 12.1 Å². The highest BCUT2D eigenvalue weighted by Gasteiger charge is 2.12. The summed E-state index contributed by atoms with van der Waals surface area (Å²) < 4.78 is 26.5. The molecule has 0 saturated heterocycles. The van der Waals surface area contributed by atoms with E-state index in [2.05, 4.69) is 15.9 Å². The van der Waals surface area contributed by atoms with Crippen molar-refractivity contribution in [3.63, 3.8) is 0 Å². The molecule has 2 aromatic carbocycles. The fourth-order valence-electron chi connectivity index (χ4n) is 1.73. The number of rotatable bonds is 3. The van der Waals surface area contributed by atoms with Gasteiger partial charge in [-0.1, -0.05) is 23.7 Å². The standard InChI is InChI=1S/C14H10BrClF2O/c15-10-7-9(2-3-11(10)16)14(19)6-8-1-4-12(17)13(18)5-8/h1-5,7,14,19H,6H2. The average Bonchev–Trinajstić information content (AvgIpc) is 2.37. The van der Waals surface area contributed by atoms with Gasteiger partial charge in [0.2, 0.25) is 0 Å². The van der Waals surface area contributed by atoms with E-state index in [1.54, 1.807) is 18.2 Å². The summed E-state index contributed by atoms with van der Waals surface area (Å²) in [6, 6.07) is 8.64. The highest BCUT2D eigenvalue weighted by molar-refractivity contribution is 9.10. The minimum absolute atomic E-state index is 0.200. The Bertz CT molecular complexity index is 604. The molecule has 0 aliphatic heterocycles. The van der Waals surface area contributed by atoms with E-state index in [-0.39, 0.29) is 6.42 Å². The Kier molecular flexibility index (Phi) is 4.55. The highest BCUT2D eigenvalue weighted by atomic mass is 79.9. The van der Waals surface area contributed by atoms with Crippen LogP contribution in [0.1, 0.15) is 17.2 Å². The summed E-state index contributed by atoms with van der Waals surface area (Å²) in [4.78, 5) is 0. The normalized spacial score (nSPS) is 12.5. The molecule has 2 aromatic rings. The summed E-state index contributed by atoms with van der Waals surface area (Å²) in [6.07, 6.45) is -0.607. The molecule has 0 aliphatic carbocycles. The van der Waals surface area contributed by atoms with Crippen molar-refractivity contribution in [3.05, 3.63) is 68.7 Å².